The summed E-state index contributed by atoms with van der Waals surface area (Å²) in [5, 5.41) is 7.38. The number of fused-ring (bicyclic) bond motifs is 1. The van der Waals surface area contributed by atoms with E-state index in [-0.39, 0.29) is 23.7 Å². The van der Waals surface area contributed by atoms with E-state index in [2.05, 4.69) is 20.4 Å². The SMILES string of the molecule is O=c1nc(Nc2ccc(Oc3ccon3)cc2)n(Cc2ccc(Cl)cc2)c2ncn(CC(F)F)c12. The molecule has 12 heteroatoms. The Balaban J connectivity index is 1.52. The molecule has 178 valence electrons. The summed E-state index contributed by atoms with van der Waals surface area (Å²) < 4.78 is 39.2. The lowest BCUT2D eigenvalue weighted by Gasteiger charge is -2.15. The molecule has 0 atom stereocenters. The number of nitrogens with zero attached hydrogens (tertiary/aromatic N) is 5. The van der Waals surface area contributed by atoms with Gasteiger partial charge in [0.1, 0.15) is 12.0 Å². The summed E-state index contributed by atoms with van der Waals surface area (Å²) in [6.45, 7) is -0.392. The van der Waals surface area contributed by atoms with E-state index >= 15 is 0 Å². The van der Waals surface area contributed by atoms with Crippen LogP contribution in [0.3, 0.4) is 0 Å². The van der Waals surface area contributed by atoms with Crippen molar-refractivity contribution < 1.29 is 18.0 Å². The molecule has 0 aliphatic carbocycles. The molecule has 5 aromatic rings. The number of anilines is 2. The maximum absolute atomic E-state index is 13.0. The molecule has 0 bridgehead atoms. The second-order valence-corrected chi connectivity index (χ2v) is 7.94. The van der Waals surface area contributed by atoms with Gasteiger partial charge in [-0.05, 0) is 47.1 Å². The third kappa shape index (κ3) is 4.99. The van der Waals surface area contributed by atoms with Gasteiger partial charge in [-0.15, -0.1) is 0 Å². The molecule has 0 fully saturated rings. The lowest BCUT2D eigenvalue weighted by molar-refractivity contribution is 0.128. The van der Waals surface area contributed by atoms with Crippen LogP contribution in [0.2, 0.25) is 5.02 Å². The first-order valence-corrected chi connectivity index (χ1v) is 10.8. The zero-order chi connectivity index (χ0) is 24.4. The normalized spacial score (nSPS) is 11.3. The standard InChI is InChI=1S/C23H17ClF2N6O3/c24-15-3-1-14(2-4-15)11-32-21-20(31(13-27-21)12-18(25)26)22(33)29-23(32)28-16-5-7-17(8-6-16)35-19-9-10-34-30-19/h1-10,13,18H,11-12H2,(H,28,29,33). The van der Waals surface area contributed by atoms with Crippen LogP contribution in [0.25, 0.3) is 11.2 Å². The number of alkyl halides is 2. The van der Waals surface area contributed by atoms with Gasteiger partial charge in [0.05, 0.1) is 19.4 Å². The third-order valence-electron chi connectivity index (χ3n) is 5.08. The molecule has 1 N–H and O–H groups in total. The van der Waals surface area contributed by atoms with Crippen molar-refractivity contribution in [2.75, 3.05) is 5.32 Å². The second kappa shape index (κ2) is 9.55. The maximum Gasteiger partial charge on any atom is 0.300 e. The minimum absolute atomic E-state index is 0.00109. The van der Waals surface area contributed by atoms with E-state index in [0.717, 1.165) is 10.1 Å². The van der Waals surface area contributed by atoms with E-state index in [1.54, 1.807) is 47.0 Å². The van der Waals surface area contributed by atoms with Crippen LogP contribution < -0.4 is 15.6 Å². The van der Waals surface area contributed by atoms with E-state index in [9.17, 15) is 13.6 Å². The molecule has 0 unspecified atom stereocenters. The molecule has 0 amide bonds. The molecule has 0 aliphatic rings. The predicted molar refractivity (Wildman–Crippen MR) is 125 cm³/mol. The molecule has 3 aromatic heterocycles. The van der Waals surface area contributed by atoms with Gasteiger partial charge in [-0.25, -0.2) is 13.8 Å². The fraction of sp³-hybridized carbons (Fsp3) is 0.130. The van der Waals surface area contributed by atoms with E-state index in [1.807, 2.05) is 12.1 Å². The zero-order valence-electron chi connectivity index (χ0n) is 17.9. The minimum atomic E-state index is -2.65. The van der Waals surface area contributed by atoms with Crippen LogP contribution in [0.1, 0.15) is 5.56 Å². The fourth-order valence-corrected chi connectivity index (χ4v) is 3.64. The van der Waals surface area contributed by atoms with Crippen LogP contribution in [0.15, 0.2) is 76.5 Å². The summed E-state index contributed by atoms with van der Waals surface area (Å²) in [6, 6.07) is 15.6. The molecule has 0 spiro atoms. The Bertz CT molecular complexity index is 1500. The number of rotatable bonds is 8. The topological polar surface area (TPSA) is 100 Å². The Hall–Kier alpha value is -4.25. The number of nitrogens with one attached hydrogen (secondary N) is 1. The first kappa shape index (κ1) is 22.5. The quantitative estimate of drug-likeness (QED) is 0.318. The summed E-state index contributed by atoms with van der Waals surface area (Å²) in [4.78, 5) is 21.2. The van der Waals surface area contributed by atoms with Crippen molar-refractivity contribution in [3.63, 3.8) is 0 Å². The molecule has 9 nitrogen and oxygen atoms in total. The van der Waals surface area contributed by atoms with Crippen LogP contribution in [0.5, 0.6) is 11.6 Å². The number of ether oxygens (including phenoxy) is 1. The van der Waals surface area contributed by atoms with Crippen LogP contribution in [-0.2, 0) is 13.1 Å². The average molecular weight is 499 g/mol. The van der Waals surface area contributed by atoms with Crippen molar-refractivity contribution >= 4 is 34.4 Å². The first-order valence-electron chi connectivity index (χ1n) is 10.4. The van der Waals surface area contributed by atoms with Crippen LogP contribution in [0.4, 0.5) is 20.4 Å². The monoisotopic (exact) mass is 498 g/mol. The zero-order valence-corrected chi connectivity index (χ0v) is 18.7. The average Bonchev–Trinajstić information content (AvgIpc) is 3.49. The van der Waals surface area contributed by atoms with Gasteiger partial charge in [0, 0.05) is 16.8 Å². The highest BCUT2D eigenvalue weighted by Gasteiger charge is 2.18. The molecule has 3 heterocycles. The predicted octanol–water partition coefficient (Wildman–Crippen LogP) is 5.08. The number of hydrogen-bond acceptors (Lipinski definition) is 7. The lowest BCUT2D eigenvalue weighted by atomic mass is 10.2. The van der Waals surface area contributed by atoms with Crippen LogP contribution in [0, 0.1) is 0 Å². The van der Waals surface area contributed by atoms with Gasteiger partial charge in [0.15, 0.2) is 11.2 Å². The number of hydrogen-bond donors (Lipinski definition) is 1. The third-order valence-corrected chi connectivity index (χ3v) is 5.33. The Morgan fingerprint density at radius 3 is 2.54 bits per heavy atom. The van der Waals surface area contributed by atoms with Crippen molar-refractivity contribution in [2.45, 2.75) is 19.5 Å². The highest BCUT2D eigenvalue weighted by molar-refractivity contribution is 6.30. The van der Waals surface area contributed by atoms with Crippen LogP contribution in [-0.4, -0.2) is 30.7 Å². The molecule has 0 aliphatic heterocycles. The van der Waals surface area contributed by atoms with Gasteiger partial charge < -0.3 is 19.1 Å². The maximum atomic E-state index is 13.0. The Morgan fingerprint density at radius 2 is 1.86 bits per heavy atom. The number of halogens is 3. The molecule has 2 aromatic carbocycles. The van der Waals surface area contributed by atoms with Gasteiger partial charge >= 0.3 is 5.56 Å². The Labute approximate surface area is 201 Å². The van der Waals surface area contributed by atoms with Crippen LogP contribution >= 0.6 is 11.6 Å². The van der Waals surface area contributed by atoms with E-state index in [4.69, 9.17) is 20.9 Å². The number of aromatic nitrogens is 5. The number of imidazole rings is 1. The summed E-state index contributed by atoms with van der Waals surface area (Å²) in [5.41, 5.74) is 1.03. The van der Waals surface area contributed by atoms with E-state index in [0.29, 0.717) is 22.3 Å². The van der Waals surface area contributed by atoms with Crippen molar-refractivity contribution in [3.8, 4) is 11.6 Å². The Morgan fingerprint density at radius 1 is 1.09 bits per heavy atom. The minimum Gasteiger partial charge on any atom is -0.436 e. The fourth-order valence-electron chi connectivity index (χ4n) is 3.51. The Kier molecular flexibility index (Phi) is 6.15. The van der Waals surface area contributed by atoms with Crippen molar-refractivity contribution in [1.82, 2.24) is 24.3 Å². The van der Waals surface area contributed by atoms with Gasteiger partial charge in [-0.2, -0.15) is 4.98 Å². The highest BCUT2D eigenvalue weighted by Crippen LogP contribution is 2.25. The van der Waals surface area contributed by atoms with Gasteiger partial charge in [-0.1, -0.05) is 23.7 Å². The summed E-state index contributed by atoms with van der Waals surface area (Å²) in [6.07, 6.45) is -0.0272. The van der Waals surface area contributed by atoms with Crippen molar-refractivity contribution in [1.29, 1.82) is 0 Å². The largest absolute Gasteiger partial charge is 0.436 e. The molecule has 0 saturated carbocycles. The second-order valence-electron chi connectivity index (χ2n) is 7.50. The molecule has 35 heavy (non-hydrogen) atoms. The molecular formula is C23H17ClF2N6O3. The summed E-state index contributed by atoms with van der Waals surface area (Å²) >= 11 is 6.00. The van der Waals surface area contributed by atoms with Gasteiger partial charge in [0.25, 0.3) is 12.3 Å². The lowest BCUT2D eigenvalue weighted by Crippen LogP contribution is -2.21. The molecular weight excluding hydrogens is 482 g/mol. The molecule has 0 saturated heterocycles. The van der Waals surface area contributed by atoms with E-state index < -0.39 is 18.5 Å². The van der Waals surface area contributed by atoms with Gasteiger partial charge in [-0.3, -0.25) is 9.36 Å². The molecule has 5 rings (SSSR count). The van der Waals surface area contributed by atoms with Gasteiger partial charge in [0.2, 0.25) is 5.95 Å². The van der Waals surface area contributed by atoms with E-state index in [1.165, 1.54) is 12.6 Å². The summed E-state index contributed by atoms with van der Waals surface area (Å²) in [7, 11) is 0. The first-order chi connectivity index (χ1) is 17.0. The smallest absolute Gasteiger partial charge is 0.300 e. The van der Waals surface area contributed by atoms with Crippen molar-refractivity contribution in [2.24, 2.45) is 0 Å². The number of benzene rings is 2. The van der Waals surface area contributed by atoms with Crippen molar-refractivity contribution in [3.05, 3.63) is 88.1 Å². The summed E-state index contributed by atoms with van der Waals surface area (Å²) in [5.74, 6) is 1.04. The molecule has 0 radical (unpaired) electrons. The highest BCUT2D eigenvalue weighted by atomic mass is 35.5.